The second kappa shape index (κ2) is 76.0. The second-order valence-electron chi connectivity index (χ2n) is 28.1. The van der Waals surface area contributed by atoms with Gasteiger partial charge in [-0.2, -0.15) is 0 Å². The van der Waals surface area contributed by atoms with Crippen molar-refractivity contribution in [1.82, 2.24) is 0 Å². The summed E-state index contributed by atoms with van der Waals surface area (Å²) in [6, 6.07) is 0. The average molecular weight is 1480 g/mol. The summed E-state index contributed by atoms with van der Waals surface area (Å²) < 4.78 is 68.6. The van der Waals surface area contributed by atoms with Crippen molar-refractivity contribution < 1.29 is 80.2 Å². The Balaban J connectivity index is 5.37. The molecule has 19 heteroatoms. The number of aliphatic hydroxyl groups excluding tert-OH is 1. The maximum absolute atomic E-state index is 13.1. The van der Waals surface area contributed by atoms with Gasteiger partial charge in [-0.25, -0.2) is 9.13 Å². The van der Waals surface area contributed by atoms with Gasteiger partial charge < -0.3 is 33.8 Å². The van der Waals surface area contributed by atoms with Crippen molar-refractivity contribution in [3.05, 3.63) is 60.8 Å². The van der Waals surface area contributed by atoms with Gasteiger partial charge in [-0.1, -0.05) is 332 Å². The SMILES string of the molecule is CCCCC/C=C\C/C=C\C/C=C\C/C=C\CCCC(=O)O[C@H](COC(=O)CCCCCCCCCCCCCCCCCCC)COP(=O)(O)OC[C@H](O)COP(=O)(O)OC[C@@H](COC(=O)CCCCCCCCCCCCCCC)OC(=O)CCCCCCC/C=C\CCCCCCCC. The van der Waals surface area contributed by atoms with Crippen molar-refractivity contribution in [3.63, 3.8) is 0 Å². The number of ether oxygens (including phenoxy) is 4. The average Bonchev–Trinajstić information content (AvgIpc) is 0.917. The first-order valence-corrected chi connectivity index (χ1v) is 44.5. The quantitative estimate of drug-likeness (QED) is 0.0169. The summed E-state index contributed by atoms with van der Waals surface area (Å²) >= 11 is 0. The van der Waals surface area contributed by atoms with Crippen LogP contribution in [0, 0.1) is 0 Å². The minimum Gasteiger partial charge on any atom is -0.462 e. The fourth-order valence-corrected chi connectivity index (χ4v) is 13.2. The molecule has 0 aromatic rings. The Kier molecular flexibility index (Phi) is 73.6. The van der Waals surface area contributed by atoms with E-state index >= 15 is 0 Å². The highest BCUT2D eigenvalue weighted by molar-refractivity contribution is 7.47. The predicted molar refractivity (Wildman–Crippen MR) is 418 cm³/mol. The second-order valence-corrected chi connectivity index (χ2v) is 31.0. The van der Waals surface area contributed by atoms with Crippen LogP contribution < -0.4 is 0 Å². The van der Waals surface area contributed by atoms with E-state index in [4.69, 9.17) is 37.0 Å². The van der Waals surface area contributed by atoms with Gasteiger partial charge in [0.25, 0.3) is 0 Å². The van der Waals surface area contributed by atoms with Gasteiger partial charge in [0.1, 0.15) is 19.3 Å². The van der Waals surface area contributed by atoms with Crippen LogP contribution in [0.4, 0.5) is 0 Å². The minimum atomic E-state index is -4.99. The van der Waals surface area contributed by atoms with Crippen LogP contribution >= 0.6 is 15.6 Å². The Bertz CT molecular complexity index is 2170. The van der Waals surface area contributed by atoms with Gasteiger partial charge in [-0.05, 0) is 89.9 Å². The summed E-state index contributed by atoms with van der Waals surface area (Å²) in [7, 11) is -9.96. The molecule has 0 aliphatic carbocycles. The number of hydrogen-bond donors (Lipinski definition) is 3. The molecule has 0 aromatic carbocycles. The molecular formula is C83H152O17P2. The number of phosphoric acid groups is 2. The molecule has 2 unspecified atom stereocenters. The van der Waals surface area contributed by atoms with Crippen molar-refractivity contribution in [2.45, 2.75) is 406 Å². The Labute approximate surface area is 622 Å². The molecule has 17 nitrogen and oxygen atoms in total. The lowest BCUT2D eigenvalue weighted by Gasteiger charge is -2.21. The number of allylic oxidation sites excluding steroid dienone is 10. The molecule has 0 rings (SSSR count). The molecule has 0 bridgehead atoms. The molecule has 102 heavy (non-hydrogen) atoms. The van der Waals surface area contributed by atoms with E-state index in [1.165, 1.54) is 199 Å². The van der Waals surface area contributed by atoms with Crippen LogP contribution in [0.15, 0.2) is 60.8 Å². The summed E-state index contributed by atoms with van der Waals surface area (Å²) in [5, 5.41) is 10.6. The van der Waals surface area contributed by atoms with E-state index in [0.717, 1.165) is 103 Å². The number of unbranched alkanes of at least 4 members (excludes halogenated alkanes) is 43. The highest BCUT2D eigenvalue weighted by Crippen LogP contribution is 2.45. The third-order valence-corrected chi connectivity index (χ3v) is 19.9. The van der Waals surface area contributed by atoms with E-state index in [1.54, 1.807) is 0 Å². The normalized spacial score (nSPS) is 14.1. The Morgan fingerprint density at radius 1 is 0.275 bits per heavy atom. The van der Waals surface area contributed by atoms with Gasteiger partial charge in [-0.15, -0.1) is 0 Å². The van der Waals surface area contributed by atoms with Gasteiger partial charge >= 0.3 is 39.5 Å². The van der Waals surface area contributed by atoms with E-state index in [9.17, 15) is 43.2 Å². The van der Waals surface area contributed by atoms with Crippen LogP contribution in [0.1, 0.15) is 387 Å². The first-order valence-electron chi connectivity index (χ1n) is 41.5. The summed E-state index contributed by atoms with van der Waals surface area (Å²) in [6.45, 7) is 4.86. The Hall–Kier alpha value is -3.24. The number of rotatable bonds is 79. The van der Waals surface area contributed by atoms with Crippen LogP contribution in [0.3, 0.4) is 0 Å². The third kappa shape index (κ3) is 75.0. The van der Waals surface area contributed by atoms with Gasteiger partial charge in [0.2, 0.25) is 0 Å². The number of aliphatic hydroxyl groups is 1. The zero-order valence-corrected chi connectivity index (χ0v) is 67.1. The third-order valence-electron chi connectivity index (χ3n) is 18.0. The van der Waals surface area contributed by atoms with Gasteiger partial charge in [0, 0.05) is 25.7 Å². The summed E-state index contributed by atoms with van der Waals surface area (Å²) in [4.78, 5) is 73.0. The maximum Gasteiger partial charge on any atom is 0.472 e. The van der Waals surface area contributed by atoms with Gasteiger partial charge in [-0.3, -0.25) is 37.3 Å². The van der Waals surface area contributed by atoms with Crippen molar-refractivity contribution in [2.24, 2.45) is 0 Å². The largest absolute Gasteiger partial charge is 0.472 e. The lowest BCUT2D eigenvalue weighted by molar-refractivity contribution is -0.161. The molecule has 0 spiro atoms. The molecule has 0 aromatic heterocycles. The smallest absolute Gasteiger partial charge is 0.462 e. The van der Waals surface area contributed by atoms with Crippen molar-refractivity contribution in [3.8, 4) is 0 Å². The number of esters is 4. The molecule has 596 valence electrons. The zero-order valence-electron chi connectivity index (χ0n) is 65.3. The summed E-state index contributed by atoms with van der Waals surface area (Å²) in [5.74, 6) is -2.21. The van der Waals surface area contributed by atoms with Crippen LogP contribution in [0.2, 0.25) is 0 Å². The predicted octanol–water partition coefficient (Wildman–Crippen LogP) is 24.2. The van der Waals surface area contributed by atoms with E-state index < -0.39 is 97.5 Å². The van der Waals surface area contributed by atoms with Crippen LogP contribution in [-0.2, 0) is 65.4 Å². The molecular weight excluding hydrogens is 1330 g/mol. The van der Waals surface area contributed by atoms with Crippen LogP contribution in [0.25, 0.3) is 0 Å². The van der Waals surface area contributed by atoms with Crippen molar-refractivity contribution >= 4 is 39.5 Å². The highest BCUT2D eigenvalue weighted by Gasteiger charge is 2.30. The molecule has 0 aliphatic rings. The number of carbonyl (C=O) groups is 4. The molecule has 5 atom stereocenters. The Morgan fingerprint density at radius 2 is 0.490 bits per heavy atom. The lowest BCUT2D eigenvalue weighted by atomic mass is 10.0. The maximum atomic E-state index is 13.1. The summed E-state index contributed by atoms with van der Waals surface area (Å²) in [5.41, 5.74) is 0. The molecule has 0 aliphatic heterocycles. The molecule has 3 N–H and O–H groups in total. The first-order chi connectivity index (χ1) is 49.7. The monoisotopic (exact) mass is 1480 g/mol. The molecule has 0 saturated carbocycles. The molecule has 0 radical (unpaired) electrons. The Morgan fingerprint density at radius 3 is 0.804 bits per heavy atom. The molecule has 0 heterocycles. The molecule has 0 saturated heterocycles. The van der Waals surface area contributed by atoms with Gasteiger partial charge in [0.05, 0.1) is 26.4 Å². The number of hydrogen-bond acceptors (Lipinski definition) is 15. The number of phosphoric ester groups is 2. The molecule has 0 amide bonds. The van der Waals surface area contributed by atoms with Crippen molar-refractivity contribution in [1.29, 1.82) is 0 Å². The van der Waals surface area contributed by atoms with E-state index in [0.29, 0.717) is 32.1 Å². The topological polar surface area (TPSA) is 237 Å². The van der Waals surface area contributed by atoms with Crippen LogP contribution in [0.5, 0.6) is 0 Å². The zero-order chi connectivity index (χ0) is 74.6. The van der Waals surface area contributed by atoms with Gasteiger partial charge in [0.15, 0.2) is 12.2 Å². The van der Waals surface area contributed by atoms with E-state index in [2.05, 4.69) is 76.3 Å². The fraction of sp³-hybridized carbons (Fsp3) is 0.831. The van der Waals surface area contributed by atoms with Crippen LogP contribution in [-0.4, -0.2) is 96.7 Å². The van der Waals surface area contributed by atoms with E-state index in [-0.39, 0.29) is 25.7 Å². The lowest BCUT2D eigenvalue weighted by Crippen LogP contribution is -2.30. The standard InChI is InChI=1S/C83H152O17P2/c1-5-9-13-17-21-25-29-33-36-38-41-44-48-52-56-60-64-68-81(86)94-74-79(100-83(88)70-66-62-58-54-50-46-42-39-37-34-30-26-22-18-14-10-6-2)76-98-102(91,92)96-72-77(84)71-95-101(89,90)97-75-78(73-93-80(85)67-63-59-55-51-47-43-32-28-24-20-16-12-8-4)99-82(87)69-65-61-57-53-49-45-40-35-31-27-23-19-15-11-7-3/h22,26,34-35,37,40,42,46,54,58,77-79,84H,5-21,23-25,27-33,36,38-39,41,43-45,47-53,55-57,59-76H2,1-4H3,(H,89,90)(H,91,92)/b26-22-,37-34-,40-35-,46-42-,58-54-/t77-,78-,79-/m1/s1. The summed E-state index contributed by atoms with van der Waals surface area (Å²) in [6.07, 6.45) is 76.3. The highest BCUT2D eigenvalue weighted by atomic mass is 31.2. The van der Waals surface area contributed by atoms with Crippen molar-refractivity contribution in [2.75, 3.05) is 39.6 Å². The minimum absolute atomic E-state index is 0.0244. The number of carbonyl (C=O) groups excluding carboxylic acids is 4. The fourth-order valence-electron chi connectivity index (χ4n) is 11.6. The first kappa shape index (κ1) is 98.8. The molecule has 0 fully saturated rings. The van der Waals surface area contributed by atoms with E-state index in [1.807, 2.05) is 12.2 Å².